The molecule has 1 aliphatic heterocycles. The third-order valence-corrected chi connectivity index (χ3v) is 3.84. The number of hydrogen-bond acceptors (Lipinski definition) is 4. The van der Waals surface area contributed by atoms with E-state index in [2.05, 4.69) is 26.3 Å². The van der Waals surface area contributed by atoms with E-state index < -0.39 is 24.3 Å². The van der Waals surface area contributed by atoms with Crippen molar-refractivity contribution in [3.8, 4) is 0 Å². The zero-order valence-electron chi connectivity index (χ0n) is 10.9. The number of anilines is 1. The molecular weight excluding hydrogens is 357 g/mol. The number of nitrogens with zero attached hydrogens (tertiary/aromatic N) is 3. The summed E-state index contributed by atoms with van der Waals surface area (Å²) in [5, 5.41) is 6.30. The quantitative estimate of drug-likeness (QED) is 0.870. The van der Waals surface area contributed by atoms with Gasteiger partial charge in [-0.1, -0.05) is 0 Å². The summed E-state index contributed by atoms with van der Waals surface area (Å²) in [4.78, 5) is 25.1. The van der Waals surface area contributed by atoms with Crippen LogP contribution in [0.4, 0.5) is 18.9 Å². The molecule has 116 valence electrons. The van der Waals surface area contributed by atoms with Gasteiger partial charge in [0.25, 0.3) is 5.56 Å². The van der Waals surface area contributed by atoms with Crippen LogP contribution in [0.3, 0.4) is 0 Å². The molecule has 0 bridgehead atoms. The van der Waals surface area contributed by atoms with Gasteiger partial charge in [0.05, 0.1) is 11.9 Å². The molecule has 10 heteroatoms. The number of carbonyl (C=O) groups is 1. The Labute approximate surface area is 126 Å². The zero-order valence-corrected chi connectivity index (χ0v) is 12.5. The van der Waals surface area contributed by atoms with Gasteiger partial charge in [-0.15, -0.1) is 0 Å². The lowest BCUT2D eigenvalue weighted by atomic mass is 10.2. The lowest BCUT2D eigenvalue weighted by Gasteiger charge is -2.15. The van der Waals surface area contributed by atoms with E-state index >= 15 is 0 Å². The number of hydrogen-bond donors (Lipinski definition) is 1. The van der Waals surface area contributed by atoms with Crippen LogP contribution < -0.4 is 10.9 Å². The summed E-state index contributed by atoms with van der Waals surface area (Å²) in [6.07, 6.45) is -2.88. The topological polar surface area (TPSA) is 67.2 Å². The van der Waals surface area contributed by atoms with E-state index in [1.54, 1.807) is 7.05 Å². The molecule has 1 unspecified atom stereocenters. The molecule has 1 aromatic rings. The van der Waals surface area contributed by atoms with E-state index in [0.29, 0.717) is 17.6 Å². The van der Waals surface area contributed by atoms with Crippen molar-refractivity contribution in [2.45, 2.75) is 25.2 Å². The monoisotopic (exact) mass is 368 g/mol. The molecule has 1 N–H and O–H groups in total. The van der Waals surface area contributed by atoms with Crippen molar-refractivity contribution in [1.29, 1.82) is 0 Å². The highest BCUT2D eigenvalue weighted by atomic mass is 79.9. The molecule has 21 heavy (non-hydrogen) atoms. The number of amides is 1. The molecule has 0 aliphatic carbocycles. The Balaban J connectivity index is 2.21. The highest BCUT2D eigenvalue weighted by Crippen LogP contribution is 2.22. The number of likely N-dealkylation sites (tertiary alicyclic amines) is 1. The maximum Gasteiger partial charge on any atom is 0.408 e. The van der Waals surface area contributed by atoms with Crippen LogP contribution in [0.2, 0.25) is 0 Å². The van der Waals surface area contributed by atoms with Crippen molar-refractivity contribution in [2.75, 3.05) is 18.9 Å². The number of carbonyl (C=O) groups excluding carboxylic acids is 1. The van der Waals surface area contributed by atoms with Crippen LogP contribution in [-0.4, -0.2) is 46.4 Å². The van der Waals surface area contributed by atoms with Crippen LogP contribution in [0.5, 0.6) is 0 Å². The van der Waals surface area contributed by atoms with Crippen LogP contribution in [0, 0.1) is 0 Å². The van der Waals surface area contributed by atoms with E-state index in [1.807, 2.05) is 0 Å². The van der Waals surface area contributed by atoms with Crippen molar-refractivity contribution in [1.82, 2.24) is 14.7 Å². The van der Waals surface area contributed by atoms with Crippen LogP contribution in [0.15, 0.2) is 15.5 Å². The van der Waals surface area contributed by atoms with E-state index in [0.717, 1.165) is 6.20 Å². The fourth-order valence-electron chi connectivity index (χ4n) is 1.99. The van der Waals surface area contributed by atoms with Gasteiger partial charge < -0.3 is 10.2 Å². The highest BCUT2D eigenvalue weighted by molar-refractivity contribution is 9.10. The molecule has 1 aromatic heterocycles. The van der Waals surface area contributed by atoms with Gasteiger partial charge in [-0.2, -0.15) is 18.3 Å². The Morgan fingerprint density at radius 1 is 1.48 bits per heavy atom. The lowest BCUT2D eigenvalue weighted by Crippen LogP contribution is -2.34. The number of nitrogens with one attached hydrogen (secondary N) is 1. The second-order valence-corrected chi connectivity index (χ2v) is 5.49. The fraction of sp³-hybridized carbons (Fsp3) is 0.545. The Morgan fingerprint density at radius 2 is 2.14 bits per heavy atom. The molecule has 0 aromatic carbocycles. The maximum atomic E-state index is 12.3. The minimum absolute atomic E-state index is 0.0795. The molecule has 0 saturated carbocycles. The summed E-state index contributed by atoms with van der Waals surface area (Å²) in [6, 6.07) is -0.508. The SMILES string of the molecule is CN1CCC(Nc2cnn(CC(F)(F)F)c(=O)c2Br)C1=O. The summed E-state index contributed by atoms with van der Waals surface area (Å²) in [5.74, 6) is -0.138. The smallest absolute Gasteiger partial charge is 0.371 e. The highest BCUT2D eigenvalue weighted by Gasteiger charge is 2.31. The second kappa shape index (κ2) is 5.66. The maximum absolute atomic E-state index is 12.3. The zero-order chi connectivity index (χ0) is 15.8. The van der Waals surface area contributed by atoms with Crippen molar-refractivity contribution < 1.29 is 18.0 Å². The minimum atomic E-state index is -4.53. The van der Waals surface area contributed by atoms with Gasteiger partial charge in [-0.25, -0.2) is 4.68 Å². The predicted molar refractivity (Wildman–Crippen MR) is 71.9 cm³/mol. The molecule has 6 nitrogen and oxygen atoms in total. The normalized spacial score (nSPS) is 19.2. The summed E-state index contributed by atoms with van der Waals surface area (Å²) >= 11 is 2.95. The molecule has 1 saturated heterocycles. The van der Waals surface area contributed by atoms with E-state index in [-0.39, 0.29) is 16.1 Å². The van der Waals surface area contributed by atoms with E-state index in [1.165, 1.54) is 4.90 Å². The Bertz CT molecular complexity index is 616. The summed E-state index contributed by atoms with van der Waals surface area (Å²) in [5.41, 5.74) is -0.705. The van der Waals surface area contributed by atoms with Crippen LogP contribution in [-0.2, 0) is 11.3 Å². The molecule has 1 amide bonds. The lowest BCUT2D eigenvalue weighted by molar-refractivity contribution is -0.143. The van der Waals surface area contributed by atoms with Crippen molar-refractivity contribution in [3.63, 3.8) is 0 Å². The third-order valence-electron chi connectivity index (χ3n) is 3.07. The standard InChI is InChI=1S/C11H12BrF3N4O2/c1-18-3-2-6(9(18)20)17-7-4-16-19(5-11(13,14)15)10(21)8(7)12/h4,6,17H,2-3,5H2,1H3. The van der Waals surface area contributed by atoms with Crippen LogP contribution >= 0.6 is 15.9 Å². The molecule has 1 aliphatic rings. The Hall–Kier alpha value is -1.58. The van der Waals surface area contributed by atoms with Gasteiger partial charge in [-0.3, -0.25) is 9.59 Å². The van der Waals surface area contributed by atoms with Crippen LogP contribution in [0.1, 0.15) is 6.42 Å². The summed E-state index contributed by atoms with van der Waals surface area (Å²) in [7, 11) is 1.65. The Morgan fingerprint density at radius 3 is 2.67 bits per heavy atom. The first-order valence-corrected chi connectivity index (χ1v) is 6.82. The molecule has 1 fully saturated rings. The first-order valence-electron chi connectivity index (χ1n) is 6.03. The molecule has 2 rings (SSSR count). The molecule has 2 heterocycles. The summed E-state index contributed by atoms with van der Waals surface area (Å²) in [6.45, 7) is -0.886. The van der Waals surface area contributed by atoms with Crippen molar-refractivity contribution in [2.24, 2.45) is 0 Å². The molecule has 0 spiro atoms. The minimum Gasteiger partial charge on any atom is -0.371 e. The molecule has 1 atom stereocenters. The number of aromatic nitrogens is 2. The van der Waals surface area contributed by atoms with Gasteiger partial charge in [0, 0.05) is 13.6 Å². The van der Waals surface area contributed by atoms with Crippen LogP contribution in [0.25, 0.3) is 0 Å². The second-order valence-electron chi connectivity index (χ2n) is 4.70. The Kier molecular flexibility index (Phi) is 4.26. The first kappa shape index (κ1) is 15.8. The average molecular weight is 369 g/mol. The van der Waals surface area contributed by atoms with Crippen molar-refractivity contribution in [3.05, 3.63) is 21.0 Å². The number of likely N-dealkylation sites (N-methyl/N-ethyl adjacent to an activating group) is 1. The van der Waals surface area contributed by atoms with Gasteiger partial charge in [0.2, 0.25) is 5.91 Å². The van der Waals surface area contributed by atoms with E-state index in [9.17, 15) is 22.8 Å². The predicted octanol–water partition coefficient (Wildman–Crippen LogP) is 1.21. The molecular formula is C11H12BrF3N4O2. The van der Waals surface area contributed by atoms with Gasteiger partial charge in [0.1, 0.15) is 17.1 Å². The first-order chi connectivity index (χ1) is 9.69. The number of halogens is 4. The molecule has 0 radical (unpaired) electrons. The van der Waals surface area contributed by atoms with Gasteiger partial charge in [-0.05, 0) is 22.4 Å². The fourth-order valence-corrected chi connectivity index (χ4v) is 2.41. The average Bonchev–Trinajstić information content (AvgIpc) is 2.69. The largest absolute Gasteiger partial charge is 0.408 e. The number of alkyl halides is 3. The van der Waals surface area contributed by atoms with E-state index in [4.69, 9.17) is 0 Å². The van der Waals surface area contributed by atoms with Gasteiger partial charge in [0.15, 0.2) is 0 Å². The van der Waals surface area contributed by atoms with Crippen molar-refractivity contribution >= 4 is 27.5 Å². The van der Waals surface area contributed by atoms with Gasteiger partial charge >= 0.3 is 6.18 Å². The number of rotatable bonds is 3. The summed E-state index contributed by atoms with van der Waals surface area (Å²) < 4.78 is 37.1. The third kappa shape index (κ3) is 3.55.